The lowest BCUT2D eigenvalue weighted by Gasteiger charge is -2.40. The number of benzene rings is 2. The lowest BCUT2D eigenvalue weighted by molar-refractivity contribution is -0.139. The first-order valence-corrected chi connectivity index (χ1v) is 20.3. The fourth-order valence-electron chi connectivity index (χ4n) is 8.87. The Morgan fingerprint density at radius 2 is 1.70 bits per heavy atom. The SMILES string of the molecule is N#Cc1ccc(OC2CCC(NC(=O)c3ccc(N4CCC(CN5CCN(c6ccc7c(c6)C(O)N(C6CCC(=O)NC6=O)C7=O)CC5)CC4)nc3)CC2)cc1Cl. The molecule has 57 heavy (non-hydrogen) atoms. The van der Waals surface area contributed by atoms with Crippen molar-refractivity contribution in [2.45, 2.75) is 75.8 Å². The number of pyridine rings is 1. The molecule has 3 saturated heterocycles. The Kier molecular flexibility index (Phi) is 11.3. The van der Waals surface area contributed by atoms with Crippen molar-refractivity contribution < 1.29 is 29.0 Å². The molecule has 2 unspecified atom stereocenters. The number of piperidine rings is 2. The number of halogens is 1. The number of piperazine rings is 1. The van der Waals surface area contributed by atoms with Gasteiger partial charge in [-0.3, -0.25) is 34.3 Å². The van der Waals surface area contributed by atoms with Crippen LogP contribution in [0.25, 0.3) is 0 Å². The van der Waals surface area contributed by atoms with Gasteiger partial charge in [0.15, 0.2) is 6.23 Å². The van der Waals surface area contributed by atoms with Gasteiger partial charge in [-0.2, -0.15) is 5.26 Å². The summed E-state index contributed by atoms with van der Waals surface area (Å²) in [6.45, 7) is 6.33. The van der Waals surface area contributed by atoms with Crippen molar-refractivity contribution in [3.63, 3.8) is 0 Å². The van der Waals surface area contributed by atoms with Gasteiger partial charge in [-0.1, -0.05) is 11.6 Å². The van der Waals surface area contributed by atoms with Gasteiger partial charge in [0.2, 0.25) is 11.8 Å². The number of anilines is 2. The molecule has 0 radical (unpaired) electrons. The second-order valence-corrected chi connectivity index (χ2v) is 16.2. The minimum atomic E-state index is -1.23. The number of aromatic nitrogens is 1. The molecular weight excluding hydrogens is 748 g/mol. The van der Waals surface area contributed by atoms with Crippen LogP contribution in [0.5, 0.6) is 5.75 Å². The maximum Gasteiger partial charge on any atom is 0.257 e. The Hall–Kier alpha value is -5.23. The molecule has 1 saturated carbocycles. The Morgan fingerprint density at radius 1 is 0.930 bits per heavy atom. The number of imide groups is 1. The highest BCUT2D eigenvalue weighted by molar-refractivity contribution is 6.31. The molecule has 3 N–H and O–H groups in total. The van der Waals surface area contributed by atoms with Crippen molar-refractivity contribution >= 4 is 46.7 Å². The Balaban J connectivity index is 0.752. The largest absolute Gasteiger partial charge is 0.490 e. The standard InChI is InChI=1S/C42H47ClN8O6/c43-35-22-32(6-1-27(35)23-44)57-31-7-3-29(4-8-31)46-39(53)28-2-11-37(45-24-28)50-15-13-26(14-16-50)25-48-17-19-49(20-18-48)30-5-9-33-34(21-30)42(56)51(41(33)55)36-10-12-38(52)47-40(36)54/h1-2,5-6,9,11,21-22,24,26,29,31,36,42,56H,3-4,7-8,10,12-20,25H2,(H,46,53)(H,47,52,54). The molecule has 14 nitrogen and oxygen atoms in total. The topological polar surface area (TPSA) is 171 Å². The number of ether oxygens (including phenoxy) is 1. The average Bonchev–Trinajstić information content (AvgIpc) is 3.47. The van der Waals surface area contributed by atoms with E-state index in [1.54, 1.807) is 30.5 Å². The summed E-state index contributed by atoms with van der Waals surface area (Å²) in [5, 5.41) is 26.0. The number of nitrogens with one attached hydrogen (secondary N) is 2. The molecule has 4 amide bonds. The smallest absolute Gasteiger partial charge is 0.257 e. The Bertz CT molecular complexity index is 2050. The monoisotopic (exact) mass is 794 g/mol. The van der Waals surface area contributed by atoms with Crippen LogP contribution in [-0.4, -0.2) is 108 Å². The maximum absolute atomic E-state index is 13.2. The first-order valence-electron chi connectivity index (χ1n) is 20.0. The van der Waals surface area contributed by atoms with E-state index in [1.807, 2.05) is 24.3 Å². The van der Waals surface area contributed by atoms with Gasteiger partial charge in [0.1, 0.15) is 23.7 Å². The van der Waals surface area contributed by atoms with Crippen molar-refractivity contribution in [2.24, 2.45) is 5.92 Å². The van der Waals surface area contributed by atoms with Crippen LogP contribution in [0, 0.1) is 17.2 Å². The highest BCUT2D eigenvalue weighted by Gasteiger charge is 2.44. The van der Waals surface area contributed by atoms with Crippen molar-refractivity contribution in [3.05, 3.63) is 82.0 Å². The molecule has 3 aromatic rings. The first-order chi connectivity index (χ1) is 27.6. The third-order valence-electron chi connectivity index (χ3n) is 12.2. The third-order valence-corrected chi connectivity index (χ3v) is 12.5. The molecule has 15 heteroatoms. The van der Waals surface area contributed by atoms with Crippen LogP contribution >= 0.6 is 11.6 Å². The van der Waals surface area contributed by atoms with Crippen molar-refractivity contribution in [2.75, 3.05) is 55.6 Å². The van der Waals surface area contributed by atoms with Gasteiger partial charge in [0.05, 0.1) is 22.3 Å². The van der Waals surface area contributed by atoms with Gasteiger partial charge in [-0.25, -0.2) is 4.98 Å². The number of hydrogen-bond donors (Lipinski definition) is 3. The van der Waals surface area contributed by atoms with Gasteiger partial charge in [-0.15, -0.1) is 0 Å². The van der Waals surface area contributed by atoms with E-state index in [0.717, 1.165) is 95.8 Å². The molecule has 2 aromatic carbocycles. The minimum Gasteiger partial charge on any atom is -0.490 e. The predicted octanol–water partition coefficient (Wildman–Crippen LogP) is 4.02. The summed E-state index contributed by atoms with van der Waals surface area (Å²) in [5.41, 5.74) is 2.80. The van der Waals surface area contributed by atoms with Gasteiger partial charge < -0.3 is 25.0 Å². The van der Waals surface area contributed by atoms with Crippen LogP contribution in [0.3, 0.4) is 0 Å². The van der Waals surface area contributed by atoms with E-state index in [4.69, 9.17) is 21.6 Å². The van der Waals surface area contributed by atoms with Crippen LogP contribution in [0.2, 0.25) is 5.02 Å². The van der Waals surface area contributed by atoms with Crippen LogP contribution in [0.15, 0.2) is 54.7 Å². The molecular formula is C42H47ClN8O6. The number of rotatable bonds is 9. The van der Waals surface area contributed by atoms with Crippen molar-refractivity contribution in [1.29, 1.82) is 5.26 Å². The summed E-state index contributed by atoms with van der Waals surface area (Å²) in [6.07, 6.45) is 6.19. The van der Waals surface area contributed by atoms with Crippen molar-refractivity contribution in [3.8, 4) is 11.8 Å². The lowest BCUT2D eigenvalue weighted by atomic mass is 9.92. The van der Waals surface area contributed by atoms with E-state index in [0.29, 0.717) is 38.9 Å². The normalized spacial score (nSPS) is 24.5. The van der Waals surface area contributed by atoms with E-state index < -0.39 is 24.1 Å². The molecule has 8 rings (SSSR count). The third kappa shape index (κ3) is 8.42. The van der Waals surface area contributed by atoms with E-state index >= 15 is 0 Å². The van der Waals surface area contributed by atoms with E-state index in [2.05, 4.69) is 36.4 Å². The molecule has 298 valence electrons. The van der Waals surface area contributed by atoms with E-state index in [1.165, 1.54) is 4.90 Å². The van der Waals surface area contributed by atoms with Crippen molar-refractivity contribution in [1.82, 2.24) is 25.4 Å². The highest BCUT2D eigenvalue weighted by Crippen LogP contribution is 2.38. The van der Waals surface area contributed by atoms with Gasteiger partial charge in [0, 0.05) is 87.4 Å². The second kappa shape index (κ2) is 16.7. The Labute approximate surface area is 336 Å². The fraction of sp³-hybridized carbons (Fsp3) is 0.476. The fourth-order valence-corrected chi connectivity index (χ4v) is 9.08. The van der Waals surface area contributed by atoms with Gasteiger partial charge in [-0.05, 0) is 93.3 Å². The van der Waals surface area contributed by atoms with Crippen LogP contribution < -0.4 is 25.2 Å². The molecule has 0 bridgehead atoms. The number of aliphatic hydroxyl groups excluding tert-OH is 1. The van der Waals surface area contributed by atoms with Gasteiger partial charge in [0.25, 0.3) is 11.8 Å². The number of fused-ring (bicyclic) bond motifs is 1. The zero-order valence-electron chi connectivity index (χ0n) is 31.7. The second-order valence-electron chi connectivity index (χ2n) is 15.8. The number of aliphatic hydroxyl groups is 1. The molecule has 4 aliphatic heterocycles. The zero-order chi connectivity index (χ0) is 39.6. The Morgan fingerprint density at radius 3 is 2.39 bits per heavy atom. The summed E-state index contributed by atoms with van der Waals surface area (Å²) in [6, 6.07) is 15.7. The molecule has 5 aliphatic rings. The summed E-state index contributed by atoms with van der Waals surface area (Å²) in [5.74, 6) is 0.704. The van der Waals surface area contributed by atoms with Crippen LogP contribution in [0.1, 0.15) is 89.4 Å². The lowest BCUT2D eigenvalue weighted by Crippen LogP contribution is -2.53. The number of carbonyl (C=O) groups is 4. The highest BCUT2D eigenvalue weighted by atomic mass is 35.5. The van der Waals surface area contributed by atoms with E-state index in [-0.39, 0.29) is 36.8 Å². The molecule has 4 fully saturated rings. The van der Waals surface area contributed by atoms with Crippen LogP contribution in [0.4, 0.5) is 11.5 Å². The molecule has 2 atom stereocenters. The number of carbonyl (C=O) groups excluding carboxylic acids is 4. The zero-order valence-corrected chi connectivity index (χ0v) is 32.5. The predicted molar refractivity (Wildman–Crippen MR) is 212 cm³/mol. The molecule has 1 aromatic heterocycles. The minimum absolute atomic E-state index is 0.0363. The number of nitriles is 1. The van der Waals surface area contributed by atoms with E-state index in [9.17, 15) is 24.3 Å². The molecule has 0 spiro atoms. The summed E-state index contributed by atoms with van der Waals surface area (Å²) < 4.78 is 6.09. The summed E-state index contributed by atoms with van der Waals surface area (Å²) in [7, 11) is 0. The quantitative estimate of drug-likeness (QED) is 0.268. The average molecular weight is 795 g/mol. The molecule has 5 heterocycles. The maximum atomic E-state index is 13.2. The van der Waals surface area contributed by atoms with Gasteiger partial charge >= 0.3 is 0 Å². The summed E-state index contributed by atoms with van der Waals surface area (Å²) in [4.78, 5) is 63.3. The number of amides is 4. The van der Waals surface area contributed by atoms with Crippen LogP contribution in [-0.2, 0) is 9.59 Å². The number of nitrogens with zero attached hydrogens (tertiary/aromatic N) is 6. The molecule has 1 aliphatic carbocycles. The number of hydrogen-bond acceptors (Lipinski definition) is 11. The summed E-state index contributed by atoms with van der Waals surface area (Å²) >= 11 is 6.15. The first kappa shape index (κ1) is 38.6.